The first-order valence-electron chi connectivity index (χ1n) is 10.0. The van der Waals surface area contributed by atoms with E-state index >= 15 is 0 Å². The lowest BCUT2D eigenvalue weighted by atomic mass is 10.2. The summed E-state index contributed by atoms with van der Waals surface area (Å²) in [5, 5.41) is 6.39. The second-order valence-electron chi connectivity index (χ2n) is 7.02. The molecule has 1 heterocycles. The van der Waals surface area contributed by atoms with E-state index in [9.17, 15) is 9.59 Å². The Morgan fingerprint density at radius 2 is 1.77 bits per heavy atom. The zero-order valence-electron chi connectivity index (χ0n) is 17.5. The topological polar surface area (TPSA) is 73.9 Å². The maximum atomic E-state index is 12.4. The van der Waals surface area contributed by atoms with Gasteiger partial charge in [0.1, 0.15) is 5.75 Å². The van der Waals surface area contributed by atoms with Crippen LogP contribution >= 0.6 is 23.8 Å². The monoisotopic (exact) mass is 460 g/mol. The summed E-state index contributed by atoms with van der Waals surface area (Å²) in [4.78, 5) is 27.8. The fraction of sp³-hybridized carbons (Fsp3) is 0.318. The van der Waals surface area contributed by atoms with Gasteiger partial charge >= 0.3 is 0 Å². The number of nitrogens with one attached hydrogen (secondary N) is 2. The largest absolute Gasteiger partial charge is 0.494 e. The summed E-state index contributed by atoms with van der Waals surface area (Å²) >= 11 is 11.7. The molecule has 0 radical (unpaired) electrons. The molecule has 0 spiro atoms. The molecule has 0 aromatic heterocycles. The van der Waals surface area contributed by atoms with Crippen LogP contribution in [0.1, 0.15) is 24.2 Å². The normalized spacial score (nSPS) is 13.5. The van der Waals surface area contributed by atoms with E-state index in [1.54, 1.807) is 37.3 Å². The number of nitrogens with zero attached hydrogens (tertiary/aromatic N) is 2. The molecular weight excluding hydrogens is 436 g/mol. The molecule has 1 saturated heterocycles. The summed E-state index contributed by atoms with van der Waals surface area (Å²) in [5.41, 5.74) is 2.05. The number of benzene rings is 2. The molecule has 3 rings (SSSR count). The van der Waals surface area contributed by atoms with E-state index in [0.717, 1.165) is 18.8 Å². The van der Waals surface area contributed by atoms with Crippen molar-refractivity contribution >= 4 is 52.1 Å². The molecule has 31 heavy (non-hydrogen) atoms. The molecule has 0 bridgehead atoms. The molecule has 2 N–H and O–H groups in total. The molecule has 0 saturated carbocycles. The molecule has 0 atom stereocenters. The van der Waals surface area contributed by atoms with Gasteiger partial charge in [-0.3, -0.25) is 14.9 Å². The zero-order chi connectivity index (χ0) is 22.4. The number of carbonyl (C=O) groups is 2. The molecule has 7 nitrogen and oxygen atoms in total. The molecular formula is C22H25ClN4O3S. The van der Waals surface area contributed by atoms with Gasteiger partial charge in [0.15, 0.2) is 5.11 Å². The van der Waals surface area contributed by atoms with Gasteiger partial charge in [-0.2, -0.15) is 0 Å². The van der Waals surface area contributed by atoms with Gasteiger partial charge in [0.2, 0.25) is 5.91 Å². The van der Waals surface area contributed by atoms with Crippen molar-refractivity contribution in [2.24, 2.45) is 0 Å². The standard InChI is InChI=1S/C22H25ClN4O3S/c1-3-30-18-7-4-16(5-8-18)21(29)25-22(31)24-17-6-9-20(19(23)14-17)27-12-10-26(11-13-27)15(2)28/h4-9,14H,3,10-13H2,1-2H3,(H2,24,25,29,31). The van der Waals surface area contributed by atoms with Gasteiger partial charge in [-0.25, -0.2) is 0 Å². The lowest BCUT2D eigenvalue weighted by Crippen LogP contribution is -2.48. The number of thiocarbonyl (C=S) groups is 1. The summed E-state index contributed by atoms with van der Waals surface area (Å²) in [6, 6.07) is 12.4. The van der Waals surface area contributed by atoms with Crippen molar-refractivity contribution < 1.29 is 14.3 Å². The van der Waals surface area contributed by atoms with Gasteiger partial charge in [-0.1, -0.05) is 11.6 Å². The first kappa shape index (κ1) is 22.8. The van der Waals surface area contributed by atoms with E-state index in [2.05, 4.69) is 15.5 Å². The number of piperazine rings is 1. The van der Waals surface area contributed by atoms with Crippen LogP contribution in [0.3, 0.4) is 0 Å². The third kappa shape index (κ3) is 6.08. The average molecular weight is 461 g/mol. The number of anilines is 2. The summed E-state index contributed by atoms with van der Waals surface area (Å²) in [7, 11) is 0. The van der Waals surface area contributed by atoms with Crippen molar-refractivity contribution in [2.45, 2.75) is 13.8 Å². The number of halogens is 1. The van der Waals surface area contributed by atoms with Crippen molar-refractivity contribution in [1.82, 2.24) is 10.2 Å². The van der Waals surface area contributed by atoms with Crippen LogP contribution < -0.4 is 20.3 Å². The van der Waals surface area contributed by atoms with Crippen LogP contribution in [0, 0.1) is 0 Å². The molecule has 1 aliphatic heterocycles. The molecule has 1 fully saturated rings. The van der Waals surface area contributed by atoms with Gasteiger partial charge in [0.25, 0.3) is 5.91 Å². The molecule has 0 aliphatic carbocycles. The van der Waals surface area contributed by atoms with Crippen LogP contribution in [0.25, 0.3) is 0 Å². The first-order valence-corrected chi connectivity index (χ1v) is 10.8. The van der Waals surface area contributed by atoms with Gasteiger partial charge in [-0.15, -0.1) is 0 Å². The van der Waals surface area contributed by atoms with Crippen LogP contribution in [0.2, 0.25) is 5.02 Å². The Morgan fingerprint density at radius 3 is 2.35 bits per heavy atom. The minimum Gasteiger partial charge on any atom is -0.494 e. The zero-order valence-corrected chi connectivity index (χ0v) is 19.1. The van der Waals surface area contributed by atoms with E-state index in [0.29, 0.717) is 41.7 Å². The van der Waals surface area contributed by atoms with E-state index in [4.69, 9.17) is 28.6 Å². The van der Waals surface area contributed by atoms with Crippen molar-refractivity contribution in [3.63, 3.8) is 0 Å². The van der Waals surface area contributed by atoms with Crippen LogP contribution in [-0.4, -0.2) is 54.6 Å². The quantitative estimate of drug-likeness (QED) is 0.665. The second-order valence-corrected chi connectivity index (χ2v) is 7.84. The van der Waals surface area contributed by atoms with Crippen LogP contribution in [0.15, 0.2) is 42.5 Å². The Labute approximate surface area is 192 Å². The lowest BCUT2D eigenvalue weighted by molar-refractivity contribution is -0.129. The SMILES string of the molecule is CCOc1ccc(C(=O)NC(=S)Nc2ccc(N3CCN(C(C)=O)CC3)c(Cl)c2)cc1. The molecule has 9 heteroatoms. The number of amides is 2. The maximum absolute atomic E-state index is 12.4. The van der Waals surface area contributed by atoms with Crippen molar-refractivity contribution in [2.75, 3.05) is 43.0 Å². The molecule has 2 aromatic rings. The fourth-order valence-electron chi connectivity index (χ4n) is 3.31. The van der Waals surface area contributed by atoms with Gasteiger partial charge < -0.3 is 19.9 Å². The maximum Gasteiger partial charge on any atom is 0.257 e. The van der Waals surface area contributed by atoms with Crippen LogP contribution in [-0.2, 0) is 4.79 Å². The van der Waals surface area contributed by atoms with Crippen LogP contribution in [0.5, 0.6) is 5.75 Å². The minimum atomic E-state index is -0.313. The lowest BCUT2D eigenvalue weighted by Gasteiger charge is -2.36. The Hall–Kier alpha value is -2.84. The predicted octanol–water partition coefficient (Wildman–Crippen LogP) is 3.53. The molecule has 0 unspecified atom stereocenters. The Morgan fingerprint density at radius 1 is 1.10 bits per heavy atom. The van der Waals surface area contributed by atoms with Gasteiger partial charge in [0, 0.05) is 44.4 Å². The predicted molar refractivity (Wildman–Crippen MR) is 127 cm³/mol. The molecule has 1 aliphatic rings. The Kier molecular flexibility index (Phi) is 7.70. The van der Waals surface area contributed by atoms with E-state index in [1.807, 2.05) is 24.0 Å². The number of rotatable bonds is 5. The highest BCUT2D eigenvalue weighted by Crippen LogP contribution is 2.29. The minimum absolute atomic E-state index is 0.0890. The number of carbonyl (C=O) groups excluding carboxylic acids is 2. The molecule has 2 amide bonds. The molecule has 2 aromatic carbocycles. The smallest absolute Gasteiger partial charge is 0.257 e. The van der Waals surface area contributed by atoms with Gasteiger partial charge in [-0.05, 0) is 61.6 Å². The fourth-order valence-corrected chi connectivity index (χ4v) is 3.82. The molecule has 164 valence electrons. The highest BCUT2D eigenvalue weighted by atomic mass is 35.5. The van der Waals surface area contributed by atoms with E-state index < -0.39 is 0 Å². The highest BCUT2D eigenvalue weighted by Gasteiger charge is 2.20. The number of hydrogen-bond acceptors (Lipinski definition) is 5. The second kappa shape index (κ2) is 10.5. The third-order valence-electron chi connectivity index (χ3n) is 4.93. The number of hydrogen-bond donors (Lipinski definition) is 2. The summed E-state index contributed by atoms with van der Waals surface area (Å²) in [6.07, 6.45) is 0. The van der Waals surface area contributed by atoms with Crippen LogP contribution in [0.4, 0.5) is 11.4 Å². The Bertz CT molecular complexity index is 960. The van der Waals surface area contributed by atoms with E-state index in [1.165, 1.54) is 0 Å². The van der Waals surface area contributed by atoms with E-state index in [-0.39, 0.29) is 16.9 Å². The summed E-state index contributed by atoms with van der Waals surface area (Å²) < 4.78 is 5.38. The number of ether oxygens (including phenoxy) is 1. The van der Waals surface area contributed by atoms with Crippen molar-refractivity contribution in [3.05, 3.63) is 53.1 Å². The van der Waals surface area contributed by atoms with Gasteiger partial charge in [0.05, 0.1) is 17.3 Å². The first-order chi connectivity index (χ1) is 14.9. The van der Waals surface area contributed by atoms with Crippen molar-refractivity contribution in [3.8, 4) is 5.75 Å². The highest BCUT2D eigenvalue weighted by molar-refractivity contribution is 7.80. The van der Waals surface area contributed by atoms with Crippen molar-refractivity contribution in [1.29, 1.82) is 0 Å². The Balaban J connectivity index is 1.56. The third-order valence-corrected chi connectivity index (χ3v) is 5.43. The summed E-state index contributed by atoms with van der Waals surface area (Å²) in [6.45, 7) is 6.85. The summed E-state index contributed by atoms with van der Waals surface area (Å²) in [5.74, 6) is 0.481. The average Bonchev–Trinajstić information content (AvgIpc) is 2.74.